The molecule has 5 heterocycles. The Bertz CT molecular complexity index is 1240. The molecule has 0 spiro atoms. The third-order valence-electron chi connectivity index (χ3n) is 6.39. The minimum absolute atomic E-state index is 0.737. The molecule has 0 amide bonds. The van der Waals surface area contributed by atoms with E-state index in [-0.39, 0.29) is 0 Å². The molecule has 2 saturated heterocycles. The molecule has 1 aromatic carbocycles. The van der Waals surface area contributed by atoms with Crippen LogP contribution in [0.25, 0.3) is 32.5 Å². The third kappa shape index (κ3) is 3.86. The Hall–Kier alpha value is -2.59. The molecule has 8 nitrogen and oxygen atoms in total. The summed E-state index contributed by atoms with van der Waals surface area (Å²) < 4.78 is 6.78. The average molecular weight is 450 g/mol. The van der Waals surface area contributed by atoms with E-state index in [1.54, 1.807) is 0 Å². The SMILES string of the molecule is CN1CCN(Cc2cc3nc(-c4ccc5cn[nH]c5c4)nc(N4CCOCC4)c3s2)CC1. The van der Waals surface area contributed by atoms with Crippen molar-refractivity contribution < 1.29 is 4.74 Å². The molecule has 0 radical (unpaired) electrons. The van der Waals surface area contributed by atoms with Crippen molar-refractivity contribution in [1.82, 2.24) is 30.0 Å². The molecule has 0 unspecified atom stereocenters. The molecule has 1 N–H and O–H groups in total. The number of hydrogen-bond donors (Lipinski definition) is 1. The number of nitrogens with zero attached hydrogens (tertiary/aromatic N) is 6. The predicted octanol–water partition coefficient (Wildman–Crippen LogP) is 2.82. The summed E-state index contributed by atoms with van der Waals surface area (Å²) in [5, 5.41) is 8.30. The van der Waals surface area contributed by atoms with Crippen molar-refractivity contribution in [2.45, 2.75) is 6.54 Å². The van der Waals surface area contributed by atoms with Gasteiger partial charge in [0.1, 0.15) is 0 Å². The number of benzene rings is 1. The van der Waals surface area contributed by atoms with Crippen LogP contribution in [0.15, 0.2) is 30.5 Å². The molecule has 2 aliphatic rings. The fourth-order valence-electron chi connectivity index (χ4n) is 4.46. The Labute approximate surface area is 190 Å². The van der Waals surface area contributed by atoms with Crippen LogP contribution in [0, 0.1) is 0 Å². The first kappa shape index (κ1) is 20.0. The van der Waals surface area contributed by atoms with Crippen molar-refractivity contribution in [2.75, 3.05) is 64.4 Å². The number of aromatic amines is 1. The fraction of sp³-hybridized carbons (Fsp3) is 0.435. The summed E-state index contributed by atoms with van der Waals surface area (Å²) in [7, 11) is 2.20. The summed E-state index contributed by atoms with van der Waals surface area (Å²) in [6.45, 7) is 8.65. The van der Waals surface area contributed by atoms with E-state index in [1.807, 2.05) is 17.5 Å². The van der Waals surface area contributed by atoms with Gasteiger partial charge in [0.05, 0.1) is 35.1 Å². The Balaban J connectivity index is 1.40. The van der Waals surface area contributed by atoms with Crippen molar-refractivity contribution in [2.24, 2.45) is 0 Å². The summed E-state index contributed by atoms with van der Waals surface area (Å²) in [6.07, 6.45) is 1.84. The van der Waals surface area contributed by atoms with Gasteiger partial charge in [-0.05, 0) is 19.2 Å². The maximum Gasteiger partial charge on any atom is 0.162 e. The molecule has 9 heteroatoms. The van der Waals surface area contributed by atoms with Crippen molar-refractivity contribution in [3.05, 3.63) is 35.3 Å². The summed E-state index contributed by atoms with van der Waals surface area (Å²) in [5.74, 6) is 1.80. The van der Waals surface area contributed by atoms with Crippen LogP contribution < -0.4 is 4.90 Å². The van der Waals surface area contributed by atoms with Gasteiger partial charge in [-0.15, -0.1) is 11.3 Å². The highest BCUT2D eigenvalue weighted by Gasteiger charge is 2.22. The Morgan fingerprint density at radius 3 is 2.72 bits per heavy atom. The Morgan fingerprint density at radius 1 is 1.03 bits per heavy atom. The molecular weight excluding hydrogens is 422 g/mol. The first-order chi connectivity index (χ1) is 15.7. The number of rotatable bonds is 4. The first-order valence-corrected chi connectivity index (χ1v) is 12.0. The van der Waals surface area contributed by atoms with Crippen molar-refractivity contribution in [1.29, 1.82) is 0 Å². The number of morpholine rings is 1. The Kier molecular flexibility index (Phi) is 5.26. The lowest BCUT2D eigenvalue weighted by atomic mass is 10.1. The van der Waals surface area contributed by atoms with Crippen LogP contribution in [-0.4, -0.2) is 89.5 Å². The molecule has 0 atom stereocenters. The molecule has 6 rings (SSSR count). The van der Waals surface area contributed by atoms with E-state index in [0.717, 1.165) is 92.7 Å². The van der Waals surface area contributed by atoms with E-state index in [9.17, 15) is 0 Å². The highest BCUT2D eigenvalue weighted by molar-refractivity contribution is 7.19. The van der Waals surface area contributed by atoms with Crippen molar-refractivity contribution >= 4 is 38.3 Å². The molecule has 4 aromatic rings. The molecule has 2 aliphatic heterocycles. The number of anilines is 1. The standard InChI is InChI=1S/C23H27N7OS/c1-28-4-6-29(7-5-28)15-18-13-20-21(32-18)23(30-8-10-31-11-9-30)26-22(25-20)16-2-3-17-14-24-27-19(17)12-16/h2-3,12-14H,4-11,15H2,1H3,(H,24,27). The van der Waals surface area contributed by atoms with Gasteiger partial charge in [-0.25, -0.2) is 9.97 Å². The summed E-state index contributed by atoms with van der Waals surface area (Å²) in [4.78, 5) is 18.7. The minimum Gasteiger partial charge on any atom is -0.378 e. The maximum absolute atomic E-state index is 5.60. The quantitative estimate of drug-likeness (QED) is 0.514. The van der Waals surface area contributed by atoms with Crippen LogP contribution in [0.2, 0.25) is 0 Å². The van der Waals surface area contributed by atoms with Gasteiger partial charge >= 0.3 is 0 Å². The number of aromatic nitrogens is 4. The Morgan fingerprint density at radius 2 is 1.88 bits per heavy atom. The number of likely N-dealkylation sites (N-methyl/N-ethyl adjacent to an activating group) is 1. The topological polar surface area (TPSA) is 73.4 Å². The zero-order chi connectivity index (χ0) is 21.5. The number of fused-ring (bicyclic) bond motifs is 2. The predicted molar refractivity (Wildman–Crippen MR) is 128 cm³/mol. The smallest absolute Gasteiger partial charge is 0.162 e. The lowest BCUT2D eigenvalue weighted by molar-refractivity contribution is 0.122. The van der Waals surface area contributed by atoms with Gasteiger partial charge in [0.15, 0.2) is 11.6 Å². The average Bonchev–Trinajstić information content (AvgIpc) is 3.46. The second-order valence-electron chi connectivity index (χ2n) is 8.65. The van der Waals surface area contributed by atoms with E-state index in [2.05, 4.69) is 56.2 Å². The molecular formula is C23H27N7OS. The molecule has 0 bridgehead atoms. The van der Waals surface area contributed by atoms with Crippen LogP contribution in [0.1, 0.15) is 4.88 Å². The lowest BCUT2D eigenvalue weighted by Crippen LogP contribution is -2.43. The van der Waals surface area contributed by atoms with Gasteiger partial charge < -0.3 is 14.5 Å². The fourth-order valence-corrected chi connectivity index (χ4v) is 5.62. The van der Waals surface area contributed by atoms with E-state index >= 15 is 0 Å². The number of nitrogens with one attached hydrogen (secondary N) is 1. The highest BCUT2D eigenvalue weighted by atomic mass is 32.1. The van der Waals surface area contributed by atoms with Gasteiger partial charge in [-0.3, -0.25) is 10.00 Å². The van der Waals surface area contributed by atoms with Gasteiger partial charge in [0.25, 0.3) is 0 Å². The first-order valence-electron chi connectivity index (χ1n) is 11.2. The zero-order valence-electron chi connectivity index (χ0n) is 18.3. The van der Waals surface area contributed by atoms with Crippen molar-refractivity contribution in [3.63, 3.8) is 0 Å². The van der Waals surface area contributed by atoms with Crippen molar-refractivity contribution in [3.8, 4) is 11.4 Å². The lowest BCUT2D eigenvalue weighted by Gasteiger charge is -2.31. The molecule has 166 valence electrons. The maximum atomic E-state index is 5.60. The number of thiophene rings is 1. The normalized spacial score (nSPS) is 18.7. The van der Waals surface area contributed by atoms with Crippen LogP contribution in [0.4, 0.5) is 5.82 Å². The molecule has 0 aliphatic carbocycles. The highest BCUT2D eigenvalue weighted by Crippen LogP contribution is 2.35. The van der Waals surface area contributed by atoms with E-state index < -0.39 is 0 Å². The van der Waals surface area contributed by atoms with E-state index in [1.165, 1.54) is 9.58 Å². The van der Waals surface area contributed by atoms with Crippen LogP contribution in [-0.2, 0) is 11.3 Å². The second kappa shape index (κ2) is 8.40. The molecule has 0 saturated carbocycles. The molecule has 32 heavy (non-hydrogen) atoms. The minimum atomic E-state index is 0.737. The number of piperazine rings is 1. The van der Waals surface area contributed by atoms with E-state index in [0.29, 0.717) is 0 Å². The molecule has 3 aromatic heterocycles. The largest absolute Gasteiger partial charge is 0.378 e. The summed E-state index contributed by atoms with van der Waals surface area (Å²) in [6, 6.07) is 8.51. The summed E-state index contributed by atoms with van der Waals surface area (Å²) >= 11 is 1.84. The third-order valence-corrected chi connectivity index (χ3v) is 7.50. The molecule has 2 fully saturated rings. The number of hydrogen-bond acceptors (Lipinski definition) is 8. The summed E-state index contributed by atoms with van der Waals surface area (Å²) in [5.41, 5.74) is 3.04. The van der Waals surface area contributed by atoms with Crippen LogP contribution >= 0.6 is 11.3 Å². The monoisotopic (exact) mass is 449 g/mol. The zero-order valence-corrected chi connectivity index (χ0v) is 19.1. The van der Waals surface area contributed by atoms with Gasteiger partial charge in [-0.2, -0.15) is 5.10 Å². The van der Waals surface area contributed by atoms with E-state index in [4.69, 9.17) is 14.7 Å². The van der Waals surface area contributed by atoms with Gasteiger partial charge in [0.2, 0.25) is 0 Å². The van der Waals surface area contributed by atoms with Gasteiger partial charge in [0, 0.05) is 61.6 Å². The second-order valence-corrected chi connectivity index (χ2v) is 9.79. The van der Waals surface area contributed by atoms with Crippen LogP contribution in [0.5, 0.6) is 0 Å². The number of H-pyrrole nitrogens is 1. The van der Waals surface area contributed by atoms with Crippen LogP contribution in [0.3, 0.4) is 0 Å². The van der Waals surface area contributed by atoms with Gasteiger partial charge in [-0.1, -0.05) is 12.1 Å². The number of ether oxygens (including phenoxy) is 1.